The second kappa shape index (κ2) is 47.8. The summed E-state index contributed by atoms with van der Waals surface area (Å²) in [7, 11) is 0. The van der Waals surface area contributed by atoms with Gasteiger partial charge in [-0.1, -0.05) is 237 Å². The van der Waals surface area contributed by atoms with Crippen molar-refractivity contribution < 1.29 is 24.2 Å². The molecule has 0 aromatic rings. The molecule has 0 amide bonds. The van der Waals surface area contributed by atoms with Crippen molar-refractivity contribution in [2.75, 3.05) is 13.2 Å². The number of rotatable bonds is 46. The fourth-order valence-electron chi connectivity index (χ4n) is 7.47. The number of carbonyl (C=O) groups is 2. The zero-order valence-electron chi connectivity index (χ0n) is 37.7. The van der Waals surface area contributed by atoms with Crippen LogP contribution < -0.4 is 0 Å². The molecule has 0 fully saturated rings. The maximum Gasteiger partial charge on any atom is 0.306 e. The van der Waals surface area contributed by atoms with Gasteiger partial charge in [0.05, 0.1) is 6.61 Å². The van der Waals surface area contributed by atoms with E-state index in [1.165, 1.54) is 199 Å². The molecule has 0 aliphatic rings. The Bertz CT molecular complexity index is 851. The molecule has 330 valence electrons. The van der Waals surface area contributed by atoms with Crippen LogP contribution in [0.1, 0.15) is 271 Å². The molecule has 0 rings (SSSR count). The van der Waals surface area contributed by atoms with E-state index < -0.39 is 6.10 Å². The molecule has 0 heterocycles. The number of aliphatic hydroxyl groups excluding tert-OH is 1. The highest BCUT2D eigenvalue weighted by atomic mass is 16.6. The molecule has 56 heavy (non-hydrogen) atoms. The van der Waals surface area contributed by atoms with Crippen LogP contribution in [-0.4, -0.2) is 36.4 Å². The van der Waals surface area contributed by atoms with Crippen molar-refractivity contribution in [3.8, 4) is 0 Å². The number of carbonyl (C=O) groups excluding carboxylic acids is 2. The van der Waals surface area contributed by atoms with Crippen LogP contribution in [-0.2, 0) is 19.1 Å². The first-order valence-corrected chi connectivity index (χ1v) is 24.9. The van der Waals surface area contributed by atoms with Crippen LogP contribution in [0.25, 0.3) is 0 Å². The summed E-state index contributed by atoms with van der Waals surface area (Å²) in [4.78, 5) is 24.4. The van der Waals surface area contributed by atoms with E-state index >= 15 is 0 Å². The fourth-order valence-corrected chi connectivity index (χ4v) is 7.47. The largest absolute Gasteiger partial charge is 0.462 e. The molecular formula is C51H96O5. The van der Waals surface area contributed by atoms with Crippen molar-refractivity contribution in [3.05, 3.63) is 24.3 Å². The van der Waals surface area contributed by atoms with Crippen molar-refractivity contribution in [2.45, 2.75) is 277 Å². The standard InChI is InChI=1S/C51H96O5/c1-3-5-7-9-11-13-15-17-19-21-22-23-24-25-26-27-28-30-31-33-35-37-39-41-43-45-50(53)55-48-49(47-52)56-51(54)46-44-42-40-38-36-34-32-29-20-18-16-14-12-10-8-6-4-2/h12,14,18,20,49,52H,3-11,13,15-17,19,21-48H2,1-2H3/b14-12-,20-18-. The molecule has 0 saturated carbocycles. The molecule has 1 atom stereocenters. The van der Waals surface area contributed by atoms with Gasteiger partial charge in [0.25, 0.3) is 0 Å². The predicted molar refractivity (Wildman–Crippen MR) is 242 cm³/mol. The normalized spacial score (nSPS) is 12.3. The van der Waals surface area contributed by atoms with Crippen molar-refractivity contribution in [3.63, 3.8) is 0 Å². The van der Waals surface area contributed by atoms with Crippen LogP contribution in [0, 0.1) is 0 Å². The van der Waals surface area contributed by atoms with Gasteiger partial charge in [-0.3, -0.25) is 9.59 Å². The first-order chi connectivity index (χ1) is 27.6. The predicted octanol–water partition coefficient (Wildman–Crippen LogP) is 16.2. The third-order valence-electron chi connectivity index (χ3n) is 11.2. The van der Waals surface area contributed by atoms with Crippen LogP contribution in [0.5, 0.6) is 0 Å². The Morgan fingerprint density at radius 2 is 0.714 bits per heavy atom. The molecule has 5 heteroatoms. The molecule has 0 bridgehead atoms. The first-order valence-electron chi connectivity index (χ1n) is 24.9. The number of aliphatic hydroxyl groups is 1. The van der Waals surface area contributed by atoms with Gasteiger partial charge in [0.15, 0.2) is 6.10 Å². The molecule has 0 aliphatic heterocycles. The van der Waals surface area contributed by atoms with Crippen LogP contribution in [0.2, 0.25) is 0 Å². The Morgan fingerprint density at radius 1 is 0.411 bits per heavy atom. The van der Waals surface area contributed by atoms with Crippen molar-refractivity contribution >= 4 is 11.9 Å². The second-order valence-electron chi connectivity index (χ2n) is 16.9. The number of unbranched alkanes of at least 4 members (excludes halogenated alkanes) is 34. The Hall–Kier alpha value is -1.62. The lowest BCUT2D eigenvalue weighted by Crippen LogP contribution is -2.28. The topological polar surface area (TPSA) is 72.8 Å². The Kier molecular flexibility index (Phi) is 46.4. The molecular weight excluding hydrogens is 693 g/mol. The molecule has 0 aromatic carbocycles. The second-order valence-corrected chi connectivity index (χ2v) is 16.9. The molecule has 0 radical (unpaired) electrons. The molecule has 1 unspecified atom stereocenters. The maximum absolute atomic E-state index is 12.2. The van der Waals surface area contributed by atoms with E-state index in [1.807, 2.05) is 0 Å². The van der Waals surface area contributed by atoms with Gasteiger partial charge in [0, 0.05) is 12.8 Å². The quantitative estimate of drug-likeness (QED) is 0.0378. The fraction of sp³-hybridized carbons (Fsp3) is 0.882. The zero-order valence-corrected chi connectivity index (χ0v) is 37.7. The smallest absolute Gasteiger partial charge is 0.306 e. The lowest BCUT2D eigenvalue weighted by Gasteiger charge is -2.15. The highest BCUT2D eigenvalue weighted by molar-refractivity contribution is 5.70. The van der Waals surface area contributed by atoms with Crippen LogP contribution in [0.15, 0.2) is 24.3 Å². The van der Waals surface area contributed by atoms with Gasteiger partial charge in [0.1, 0.15) is 6.61 Å². The van der Waals surface area contributed by atoms with Gasteiger partial charge < -0.3 is 14.6 Å². The molecule has 0 spiro atoms. The van der Waals surface area contributed by atoms with Gasteiger partial charge in [0.2, 0.25) is 0 Å². The van der Waals surface area contributed by atoms with Crippen LogP contribution >= 0.6 is 0 Å². The Morgan fingerprint density at radius 3 is 1.09 bits per heavy atom. The molecule has 5 nitrogen and oxygen atoms in total. The van der Waals surface area contributed by atoms with E-state index in [4.69, 9.17) is 9.47 Å². The number of hydrogen-bond acceptors (Lipinski definition) is 5. The maximum atomic E-state index is 12.2. The number of ether oxygens (including phenoxy) is 2. The minimum Gasteiger partial charge on any atom is -0.462 e. The van der Waals surface area contributed by atoms with E-state index in [0.29, 0.717) is 12.8 Å². The van der Waals surface area contributed by atoms with Gasteiger partial charge >= 0.3 is 11.9 Å². The van der Waals surface area contributed by atoms with Crippen molar-refractivity contribution in [2.24, 2.45) is 0 Å². The first kappa shape index (κ1) is 54.4. The van der Waals surface area contributed by atoms with E-state index in [0.717, 1.165) is 44.9 Å². The minimum atomic E-state index is -0.772. The van der Waals surface area contributed by atoms with E-state index in [-0.39, 0.29) is 25.2 Å². The van der Waals surface area contributed by atoms with Crippen molar-refractivity contribution in [1.82, 2.24) is 0 Å². The molecule has 0 aromatic heterocycles. The van der Waals surface area contributed by atoms with Crippen LogP contribution in [0.4, 0.5) is 0 Å². The highest BCUT2D eigenvalue weighted by Crippen LogP contribution is 2.17. The van der Waals surface area contributed by atoms with Gasteiger partial charge in [-0.05, 0) is 44.9 Å². The van der Waals surface area contributed by atoms with Gasteiger partial charge in [-0.2, -0.15) is 0 Å². The Balaban J connectivity index is 3.45. The number of esters is 2. The summed E-state index contributed by atoms with van der Waals surface area (Å²) in [5.74, 6) is -0.585. The average Bonchev–Trinajstić information content (AvgIpc) is 3.20. The van der Waals surface area contributed by atoms with Gasteiger partial charge in [-0.15, -0.1) is 0 Å². The highest BCUT2D eigenvalue weighted by Gasteiger charge is 2.16. The van der Waals surface area contributed by atoms with E-state index in [2.05, 4.69) is 38.2 Å². The summed E-state index contributed by atoms with van der Waals surface area (Å²) in [5.41, 5.74) is 0. The summed E-state index contributed by atoms with van der Waals surface area (Å²) in [6, 6.07) is 0. The summed E-state index contributed by atoms with van der Waals surface area (Å²) < 4.78 is 10.7. The lowest BCUT2D eigenvalue weighted by atomic mass is 10.0. The molecule has 0 saturated heterocycles. The summed E-state index contributed by atoms with van der Waals surface area (Å²) in [6.07, 6.45) is 58.4. The minimum absolute atomic E-state index is 0.0640. The van der Waals surface area contributed by atoms with Crippen molar-refractivity contribution in [1.29, 1.82) is 0 Å². The summed E-state index contributed by atoms with van der Waals surface area (Å²) in [6.45, 7) is 4.14. The van der Waals surface area contributed by atoms with E-state index in [9.17, 15) is 14.7 Å². The number of allylic oxidation sites excluding steroid dienone is 4. The van der Waals surface area contributed by atoms with Gasteiger partial charge in [-0.25, -0.2) is 0 Å². The number of hydrogen-bond donors (Lipinski definition) is 1. The third kappa shape index (κ3) is 45.1. The molecule has 1 N–H and O–H groups in total. The average molecular weight is 789 g/mol. The third-order valence-corrected chi connectivity index (χ3v) is 11.2. The van der Waals surface area contributed by atoms with Crippen LogP contribution in [0.3, 0.4) is 0 Å². The zero-order chi connectivity index (χ0) is 40.7. The lowest BCUT2D eigenvalue weighted by molar-refractivity contribution is -0.161. The summed E-state index contributed by atoms with van der Waals surface area (Å²) in [5, 5.41) is 9.61. The summed E-state index contributed by atoms with van der Waals surface area (Å²) >= 11 is 0. The molecule has 0 aliphatic carbocycles. The van der Waals surface area contributed by atoms with E-state index in [1.54, 1.807) is 0 Å². The monoisotopic (exact) mass is 789 g/mol. The Labute approximate surface area is 349 Å². The SMILES string of the molecule is CCCCC/C=C\C/C=C\CCCCCCCCCC(=O)OC(CO)COC(=O)CCCCCCCCCCCCCCCCCCCCCCCCCCC.